The topological polar surface area (TPSA) is 108 Å². The molecule has 3 rings (SSSR count). The first-order valence-corrected chi connectivity index (χ1v) is 8.84. The van der Waals surface area contributed by atoms with E-state index < -0.39 is 36.1 Å². The zero-order valence-corrected chi connectivity index (χ0v) is 14.9. The quantitative estimate of drug-likeness (QED) is 0.592. The molecule has 1 aliphatic rings. The van der Waals surface area contributed by atoms with Crippen LogP contribution in [-0.2, 0) is 9.53 Å². The number of nitrogens with one attached hydrogen (secondary N) is 2. The highest BCUT2D eigenvalue weighted by Gasteiger charge is 2.43. The number of aliphatic hydroxyl groups is 2. The zero-order chi connectivity index (χ0) is 20.1. The minimum Gasteiger partial charge on any atom is -0.388 e. The van der Waals surface area contributed by atoms with Crippen molar-refractivity contribution in [2.24, 2.45) is 0 Å². The Morgan fingerprint density at radius 2 is 1.71 bits per heavy atom. The van der Waals surface area contributed by atoms with Gasteiger partial charge in [0.05, 0.1) is 12.5 Å². The number of rotatable bonds is 6. The molecular weight excluding hydrogens is 367 g/mol. The third-order valence-corrected chi connectivity index (χ3v) is 4.46. The molecule has 0 aromatic heterocycles. The highest BCUT2D eigenvalue weighted by atomic mass is 19.1. The molecule has 1 fully saturated rings. The first kappa shape index (κ1) is 19.9. The smallest absolute Gasteiger partial charge is 0.251 e. The van der Waals surface area contributed by atoms with E-state index >= 15 is 0 Å². The summed E-state index contributed by atoms with van der Waals surface area (Å²) >= 11 is 0. The molecule has 7 nitrogen and oxygen atoms in total. The summed E-state index contributed by atoms with van der Waals surface area (Å²) in [4.78, 5) is 24.2. The number of anilines is 1. The molecule has 1 aliphatic heterocycles. The monoisotopic (exact) mass is 388 g/mol. The van der Waals surface area contributed by atoms with Crippen LogP contribution >= 0.6 is 0 Å². The van der Waals surface area contributed by atoms with E-state index in [0.717, 1.165) is 6.07 Å². The van der Waals surface area contributed by atoms with Crippen LogP contribution in [0.2, 0.25) is 0 Å². The number of amides is 2. The Hall–Kier alpha value is -2.81. The van der Waals surface area contributed by atoms with Gasteiger partial charge in [-0.15, -0.1) is 0 Å². The van der Waals surface area contributed by atoms with E-state index in [1.807, 2.05) is 6.07 Å². The molecule has 4 N–H and O–H groups in total. The zero-order valence-electron chi connectivity index (χ0n) is 14.9. The standard InChI is InChI=1S/C20H21FN2O5/c21-13-6-4-5-12(9-13)20(27)22-11-16-19(26)18(25)15(28-16)10-17(24)23-14-7-2-1-3-8-14/h1-9,15-16,18-19,25-26H,10-11H2,(H,22,27)(H,23,24)/t15-,16-,18+,19-/m1/s1. The summed E-state index contributed by atoms with van der Waals surface area (Å²) in [6.45, 7) is -0.0929. The fraction of sp³-hybridized carbons (Fsp3) is 0.300. The molecule has 2 aromatic carbocycles. The van der Waals surface area contributed by atoms with Gasteiger partial charge in [0.2, 0.25) is 5.91 Å². The second-order valence-corrected chi connectivity index (χ2v) is 6.53. The fourth-order valence-electron chi connectivity index (χ4n) is 3.00. The van der Waals surface area contributed by atoms with E-state index in [2.05, 4.69) is 10.6 Å². The lowest BCUT2D eigenvalue weighted by Crippen LogP contribution is -2.40. The van der Waals surface area contributed by atoms with Crippen molar-refractivity contribution in [1.82, 2.24) is 5.32 Å². The van der Waals surface area contributed by atoms with Gasteiger partial charge in [-0.1, -0.05) is 24.3 Å². The second kappa shape index (κ2) is 8.92. The van der Waals surface area contributed by atoms with Crippen LogP contribution in [0.15, 0.2) is 54.6 Å². The Morgan fingerprint density at radius 1 is 1.00 bits per heavy atom. The summed E-state index contributed by atoms with van der Waals surface area (Å²) in [6, 6.07) is 14.0. The Balaban J connectivity index is 1.52. The van der Waals surface area contributed by atoms with Gasteiger partial charge in [0.1, 0.15) is 24.1 Å². The summed E-state index contributed by atoms with van der Waals surface area (Å²) in [5.74, 6) is -1.44. The van der Waals surface area contributed by atoms with Crippen molar-refractivity contribution in [1.29, 1.82) is 0 Å². The molecule has 0 unspecified atom stereocenters. The highest BCUT2D eigenvalue weighted by molar-refractivity contribution is 5.94. The van der Waals surface area contributed by atoms with Crippen molar-refractivity contribution in [3.8, 4) is 0 Å². The van der Waals surface area contributed by atoms with E-state index in [9.17, 15) is 24.2 Å². The molecule has 0 radical (unpaired) electrons. The van der Waals surface area contributed by atoms with Crippen molar-refractivity contribution >= 4 is 17.5 Å². The number of aliphatic hydroxyl groups excluding tert-OH is 2. The lowest BCUT2D eigenvalue weighted by atomic mass is 10.1. The van der Waals surface area contributed by atoms with E-state index in [1.165, 1.54) is 18.2 Å². The van der Waals surface area contributed by atoms with Crippen LogP contribution in [0.3, 0.4) is 0 Å². The number of carbonyl (C=O) groups excluding carboxylic acids is 2. The highest BCUT2D eigenvalue weighted by Crippen LogP contribution is 2.24. The minimum absolute atomic E-state index is 0.0929. The molecule has 0 bridgehead atoms. The summed E-state index contributed by atoms with van der Waals surface area (Å²) in [6.07, 6.45) is -4.47. The number of hydrogen-bond donors (Lipinski definition) is 4. The third kappa shape index (κ3) is 4.92. The number of ether oxygens (including phenoxy) is 1. The average Bonchev–Trinajstić information content (AvgIpc) is 2.94. The predicted molar refractivity (Wildman–Crippen MR) is 99.1 cm³/mol. The molecule has 1 heterocycles. The molecule has 4 atom stereocenters. The van der Waals surface area contributed by atoms with Gasteiger partial charge >= 0.3 is 0 Å². The van der Waals surface area contributed by atoms with Crippen LogP contribution in [0, 0.1) is 5.82 Å². The molecule has 0 spiro atoms. The summed E-state index contributed by atoms with van der Waals surface area (Å²) in [5.41, 5.74) is 0.742. The molecule has 1 saturated heterocycles. The minimum atomic E-state index is -1.27. The van der Waals surface area contributed by atoms with Crippen LogP contribution in [0.4, 0.5) is 10.1 Å². The van der Waals surface area contributed by atoms with Gasteiger partial charge in [-0.3, -0.25) is 9.59 Å². The first-order chi connectivity index (χ1) is 13.4. The van der Waals surface area contributed by atoms with Crippen LogP contribution in [-0.4, -0.2) is 53.0 Å². The van der Waals surface area contributed by atoms with E-state index in [-0.39, 0.29) is 24.4 Å². The van der Waals surface area contributed by atoms with Crippen molar-refractivity contribution in [2.75, 3.05) is 11.9 Å². The average molecular weight is 388 g/mol. The number of halogens is 1. The van der Waals surface area contributed by atoms with Crippen molar-refractivity contribution in [3.63, 3.8) is 0 Å². The fourth-order valence-corrected chi connectivity index (χ4v) is 3.00. The molecule has 2 aromatic rings. The molecule has 28 heavy (non-hydrogen) atoms. The number of carbonyl (C=O) groups is 2. The van der Waals surface area contributed by atoms with Gasteiger partial charge in [-0.25, -0.2) is 4.39 Å². The van der Waals surface area contributed by atoms with Gasteiger partial charge in [-0.2, -0.15) is 0 Å². The van der Waals surface area contributed by atoms with Crippen molar-refractivity contribution in [3.05, 3.63) is 66.0 Å². The molecular formula is C20H21FN2O5. The SMILES string of the molecule is O=C(C[C@H]1O[C@H](CNC(=O)c2cccc(F)c2)[C@@H](O)[C@H]1O)Nc1ccccc1. The maximum absolute atomic E-state index is 13.2. The van der Waals surface area contributed by atoms with E-state index in [0.29, 0.717) is 5.69 Å². The number of hydrogen-bond acceptors (Lipinski definition) is 5. The van der Waals surface area contributed by atoms with Crippen LogP contribution in [0.5, 0.6) is 0 Å². The van der Waals surface area contributed by atoms with E-state index in [4.69, 9.17) is 4.74 Å². The summed E-state index contributed by atoms with van der Waals surface area (Å²) in [5, 5.41) is 25.5. The first-order valence-electron chi connectivity index (χ1n) is 8.84. The van der Waals surface area contributed by atoms with Crippen LogP contribution in [0.25, 0.3) is 0 Å². The lowest BCUT2D eigenvalue weighted by Gasteiger charge is -2.15. The Morgan fingerprint density at radius 3 is 2.43 bits per heavy atom. The Labute approximate surface area is 161 Å². The Bertz CT molecular complexity index is 832. The lowest BCUT2D eigenvalue weighted by molar-refractivity contribution is -0.120. The third-order valence-electron chi connectivity index (χ3n) is 4.46. The predicted octanol–water partition coefficient (Wildman–Crippen LogP) is 1.07. The van der Waals surface area contributed by atoms with Crippen molar-refractivity contribution in [2.45, 2.75) is 30.8 Å². The maximum Gasteiger partial charge on any atom is 0.251 e. The molecule has 2 amide bonds. The van der Waals surface area contributed by atoms with Crippen LogP contribution < -0.4 is 10.6 Å². The molecule has 8 heteroatoms. The second-order valence-electron chi connectivity index (χ2n) is 6.53. The molecule has 148 valence electrons. The summed E-state index contributed by atoms with van der Waals surface area (Å²) < 4.78 is 18.8. The van der Waals surface area contributed by atoms with Gasteiger partial charge in [-0.05, 0) is 30.3 Å². The van der Waals surface area contributed by atoms with Crippen LogP contribution in [0.1, 0.15) is 16.8 Å². The number of benzene rings is 2. The van der Waals surface area contributed by atoms with Gasteiger partial charge in [0, 0.05) is 17.8 Å². The maximum atomic E-state index is 13.2. The normalized spacial score (nSPS) is 24.0. The van der Waals surface area contributed by atoms with Gasteiger partial charge in [0.25, 0.3) is 5.91 Å². The molecule has 0 aliphatic carbocycles. The number of para-hydroxylation sites is 1. The summed E-state index contributed by atoms with van der Waals surface area (Å²) in [7, 11) is 0. The van der Waals surface area contributed by atoms with Crippen molar-refractivity contribution < 1.29 is 28.9 Å². The van der Waals surface area contributed by atoms with E-state index in [1.54, 1.807) is 24.3 Å². The van der Waals surface area contributed by atoms with Gasteiger partial charge < -0.3 is 25.6 Å². The van der Waals surface area contributed by atoms with Gasteiger partial charge in [0.15, 0.2) is 0 Å². The largest absolute Gasteiger partial charge is 0.388 e. The Kier molecular flexibility index (Phi) is 6.35. The molecule has 0 saturated carbocycles.